The van der Waals surface area contributed by atoms with Crippen LogP contribution >= 0.6 is 0 Å². The molecule has 0 bridgehead atoms. The molecule has 2 rings (SSSR count). The van der Waals surface area contributed by atoms with Crippen LogP contribution in [0.5, 0.6) is 5.88 Å². The summed E-state index contributed by atoms with van der Waals surface area (Å²) in [6.45, 7) is 5.85. The lowest BCUT2D eigenvalue weighted by Crippen LogP contribution is -2.13. The highest BCUT2D eigenvalue weighted by Gasteiger charge is 2.13. The molecule has 0 saturated heterocycles. The first-order valence-corrected chi connectivity index (χ1v) is 8.28. The summed E-state index contributed by atoms with van der Waals surface area (Å²) in [5.41, 5.74) is 6.51. The first-order chi connectivity index (χ1) is 10.1. The number of hydrogen-bond acceptors (Lipinski definition) is 4. The van der Waals surface area contributed by atoms with E-state index < -0.39 is 0 Å². The zero-order chi connectivity index (χ0) is 15.1. The highest BCUT2D eigenvalue weighted by Crippen LogP contribution is 2.26. The van der Waals surface area contributed by atoms with Crippen LogP contribution in [0.15, 0.2) is 12.1 Å². The number of anilines is 2. The zero-order valence-corrected chi connectivity index (χ0v) is 13.4. The lowest BCUT2D eigenvalue weighted by molar-refractivity contribution is 0.263. The average Bonchev–Trinajstić information content (AvgIpc) is 2.48. The molecule has 0 radical (unpaired) electrons. The van der Waals surface area contributed by atoms with E-state index in [0.717, 1.165) is 18.3 Å². The van der Waals surface area contributed by atoms with Crippen molar-refractivity contribution in [3.05, 3.63) is 12.1 Å². The molecule has 21 heavy (non-hydrogen) atoms. The SMILES string of the molecule is CC(C)COc1nc(NCCC2CCCCC2)ccc1N. The van der Waals surface area contributed by atoms with Gasteiger partial charge in [-0.1, -0.05) is 46.0 Å². The highest BCUT2D eigenvalue weighted by atomic mass is 16.5. The van der Waals surface area contributed by atoms with Crippen LogP contribution in [0.3, 0.4) is 0 Å². The quantitative estimate of drug-likeness (QED) is 0.794. The highest BCUT2D eigenvalue weighted by molar-refractivity contribution is 5.53. The van der Waals surface area contributed by atoms with E-state index >= 15 is 0 Å². The first-order valence-electron chi connectivity index (χ1n) is 8.28. The minimum atomic E-state index is 0.467. The molecule has 1 saturated carbocycles. The Hall–Kier alpha value is -1.45. The van der Waals surface area contributed by atoms with Crippen molar-refractivity contribution < 1.29 is 4.74 Å². The maximum Gasteiger partial charge on any atom is 0.239 e. The number of nitrogens with one attached hydrogen (secondary N) is 1. The Morgan fingerprint density at radius 1 is 1.29 bits per heavy atom. The average molecular weight is 291 g/mol. The minimum absolute atomic E-state index is 0.467. The summed E-state index contributed by atoms with van der Waals surface area (Å²) in [4.78, 5) is 4.47. The first kappa shape index (κ1) is 15.9. The molecule has 0 aliphatic heterocycles. The lowest BCUT2D eigenvalue weighted by Gasteiger charge is -2.21. The van der Waals surface area contributed by atoms with Crippen LogP contribution in [-0.2, 0) is 0 Å². The number of rotatable bonds is 7. The topological polar surface area (TPSA) is 60.2 Å². The molecule has 118 valence electrons. The third-order valence-corrected chi connectivity index (χ3v) is 4.03. The summed E-state index contributed by atoms with van der Waals surface area (Å²) in [6, 6.07) is 3.80. The third kappa shape index (κ3) is 5.44. The van der Waals surface area contributed by atoms with Crippen LogP contribution in [0.25, 0.3) is 0 Å². The molecule has 1 aromatic rings. The van der Waals surface area contributed by atoms with Gasteiger partial charge in [-0.15, -0.1) is 0 Å². The van der Waals surface area contributed by atoms with Crippen molar-refractivity contribution >= 4 is 11.5 Å². The van der Waals surface area contributed by atoms with Gasteiger partial charge in [0.1, 0.15) is 5.82 Å². The van der Waals surface area contributed by atoms with Gasteiger partial charge in [0, 0.05) is 6.54 Å². The van der Waals surface area contributed by atoms with E-state index in [1.54, 1.807) is 0 Å². The van der Waals surface area contributed by atoms with E-state index in [-0.39, 0.29) is 0 Å². The summed E-state index contributed by atoms with van der Waals surface area (Å²) < 4.78 is 5.66. The van der Waals surface area contributed by atoms with Gasteiger partial charge in [-0.3, -0.25) is 0 Å². The Morgan fingerprint density at radius 3 is 2.76 bits per heavy atom. The van der Waals surface area contributed by atoms with Crippen LogP contribution in [0.2, 0.25) is 0 Å². The van der Waals surface area contributed by atoms with Crippen molar-refractivity contribution in [2.24, 2.45) is 11.8 Å². The Morgan fingerprint density at radius 2 is 2.05 bits per heavy atom. The van der Waals surface area contributed by atoms with Crippen molar-refractivity contribution in [3.63, 3.8) is 0 Å². The van der Waals surface area contributed by atoms with Crippen LogP contribution in [0, 0.1) is 11.8 Å². The smallest absolute Gasteiger partial charge is 0.239 e. The number of hydrogen-bond donors (Lipinski definition) is 2. The van der Waals surface area contributed by atoms with Crippen molar-refractivity contribution in [2.75, 3.05) is 24.2 Å². The van der Waals surface area contributed by atoms with Crippen LogP contribution in [-0.4, -0.2) is 18.1 Å². The summed E-state index contributed by atoms with van der Waals surface area (Å²) in [7, 11) is 0. The third-order valence-electron chi connectivity index (χ3n) is 4.03. The summed E-state index contributed by atoms with van der Waals surface area (Å²) in [6.07, 6.45) is 8.23. The maximum atomic E-state index is 5.91. The van der Waals surface area contributed by atoms with Crippen LogP contribution in [0.4, 0.5) is 11.5 Å². The Kier molecular flexibility index (Phi) is 6.15. The normalized spacial score (nSPS) is 16.1. The number of ether oxygens (including phenoxy) is 1. The number of nitrogens with two attached hydrogens (primary N) is 1. The Balaban J connectivity index is 1.80. The fourth-order valence-electron chi connectivity index (χ4n) is 2.79. The van der Waals surface area contributed by atoms with Crippen molar-refractivity contribution in [2.45, 2.75) is 52.4 Å². The van der Waals surface area contributed by atoms with Gasteiger partial charge >= 0.3 is 0 Å². The molecular formula is C17H29N3O. The lowest BCUT2D eigenvalue weighted by atomic mass is 9.87. The van der Waals surface area contributed by atoms with E-state index in [0.29, 0.717) is 24.1 Å². The molecule has 4 nitrogen and oxygen atoms in total. The second-order valence-corrected chi connectivity index (χ2v) is 6.52. The summed E-state index contributed by atoms with van der Waals surface area (Å²) in [5, 5.41) is 3.40. The predicted octanol–water partition coefficient (Wildman–Crippen LogP) is 4.08. The number of nitrogens with zero attached hydrogens (tertiary/aromatic N) is 1. The van der Waals surface area contributed by atoms with Gasteiger partial charge in [-0.05, 0) is 30.4 Å². The van der Waals surface area contributed by atoms with Crippen molar-refractivity contribution in [1.82, 2.24) is 4.98 Å². The van der Waals surface area contributed by atoms with Gasteiger partial charge in [0.2, 0.25) is 5.88 Å². The van der Waals surface area contributed by atoms with E-state index in [2.05, 4.69) is 24.1 Å². The van der Waals surface area contributed by atoms with Gasteiger partial charge in [0.25, 0.3) is 0 Å². The van der Waals surface area contributed by atoms with E-state index in [9.17, 15) is 0 Å². The number of aromatic nitrogens is 1. The van der Waals surface area contributed by atoms with Gasteiger partial charge in [0.15, 0.2) is 0 Å². The molecular weight excluding hydrogens is 262 g/mol. The van der Waals surface area contributed by atoms with Gasteiger partial charge < -0.3 is 15.8 Å². The second-order valence-electron chi connectivity index (χ2n) is 6.52. The summed E-state index contributed by atoms with van der Waals surface area (Å²) >= 11 is 0. The summed E-state index contributed by atoms with van der Waals surface area (Å²) in [5.74, 6) is 2.76. The molecule has 3 N–H and O–H groups in total. The molecule has 1 heterocycles. The largest absolute Gasteiger partial charge is 0.476 e. The molecule has 0 amide bonds. The van der Waals surface area contributed by atoms with Crippen LogP contribution < -0.4 is 15.8 Å². The molecule has 0 atom stereocenters. The molecule has 0 aromatic carbocycles. The number of nitrogen functional groups attached to an aromatic ring is 1. The fourth-order valence-corrected chi connectivity index (χ4v) is 2.79. The van der Waals surface area contributed by atoms with E-state index in [4.69, 9.17) is 10.5 Å². The predicted molar refractivity (Wildman–Crippen MR) is 88.7 cm³/mol. The standard InChI is InChI=1S/C17H29N3O/c1-13(2)12-21-17-15(18)8-9-16(20-17)19-11-10-14-6-4-3-5-7-14/h8-9,13-14H,3-7,10-12,18H2,1-2H3,(H,19,20). The van der Waals surface area contributed by atoms with E-state index in [1.807, 2.05) is 12.1 Å². The molecule has 1 aromatic heterocycles. The second kappa shape index (κ2) is 8.11. The Bertz CT molecular complexity index is 428. The monoisotopic (exact) mass is 291 g/mol. The number of pyridine rings is 1. The molecule has 4 heteroatoms. The minimum Gasteiger partial charge on any atom is -0.476 e. The van der Waals surface area contributed by atoms with Gasteiger partial charge in [0.05, 0.1) is 12.3 Å². The molecule has 1 aliphatic rings. The molecule has 0 spiro atoms. The molecule has 0 unspecified atom stereocenters. The van der Waals surface area contributed by atoms with Crippen LogP contribution in [0.1, 0.15) is 52.4 Å². The Labute approximate surface area is 128 Å². The fraction of sp³-hybridized carbons (Fsp3) is 0.706. The van der Waals surface area contributed by atoms with E-state index in [1.165, 1.54) is 38.5 Å². The van der Waals surface area contributed by atoms with Crippen molar-refractivity contribution in [3.8, 4) is 5.88 Å². The van der Waals surface area contributed by atoms with Crippen molar-refractivity contribution in [1.29, 1.82) is 0 Å². The molecule has 1 aliphatic carbocycles. The molecule has 1 fully saturated rings. The maximum absolute atomic E-state index is 5.91. The zero-order valence-electron chi connectivity index (χ0n) is 13.4. The van der Waals surface area contributed by atoms with Gasteiger partial charge in [-0.25, -0.2) is 0 Å². The van der Waals surface area contributed by atoms with Gasteiger partial charge in [-0.2, -0.15) is 4.98 Å².